The first-order valence-corrected chi connectivity index (χ1v) is 7.75. The molecule has 0 radical (unpaired) electrons. The Morgan fingerprint density at radius 1 is 1.24 bits per heavy atom. The van der Waals surface area contributed by atoms with Gasteiger partial charge in [0.05, 0.1) is 17.5 Å². The Kier molecular flexibility index (Phi) is 3.61. The van der Waals surface area contributed by atoms with Gasteiger partial charge in [-0.1, -0.05) is 18.2 Å². The van der Waals surface area contributed by atoms with E-state index in [4.69, 9.17) is 0 Å². The first-order valence-electron chi connectivity index (χ1n) is 6.95. The molecule has 1 fully saturated rings. The number of carbonyl (C=O) groups is 2. The summed E-state index contributed by atoms with van der Waals surface area (Å²) in [6.45, 7) is 1.95. The van der Waals surface area contributed by atoms with E-state index in [1.807, 2.05) is 37.3 Å². The zero-order valence-electron chi connectivity index (χ0n) is 11.5. The second-order valence-corrected chi connectivity index (χ2v) is 6.67. The number of benzene rings is 1. The molecule has 3 rings (SSSR count). The zero-order chi connectivity index (χ0) is 15.1. The molecule has 0 spiro atoms. The topological polar surface area (TPSA) is 66.4 Å². The van der Waals surface area contributed by atoms with Gasteiger partial charge in [-0.05, 0) is 58.8 Å². The average Bonchev–Trinajstić information content (AvgIpc) is 3.03. The van der Waals surface area contributed by atoms with Gasteiger partial charge >= 0.3 is 5.97 Å². The molecule has 0 saturated heterocycles. The van der Waals surface area contributed by atoms with Crippen LogP contribution in [-0.4, -0.2) is 17.0 Å². The number of carboxylic acids is 1. The summed E-state index contributed by atoms with van der Waals surface area (Å²) in [7, 11) is 0. The molecule has 2 aliphatic carbocycles. The Balaban J connectivity index is 1.83. The van der Waals surface area contributed by atoms with Crippen molar-refractivity contribution in [3.05, 3.63) is 40.4 Å². The van der Waals surface area contributed by atoms with Crippen molar-refractivity contribution < 1.29 is 14.7 Å². The van der Waals surface area contributed by atoms with Gasteiger partial charge in [0.25, 0.3) is 0 Å². The molecule has 0 aromatic heterocycles. The van der Waals surface area contributed by atoms with Crippen LogP contribution < -0.4 is 5.32 Å². The lowest BCUT2D eigenvalue weighted by Crippen LogP contribution is -2.36. The highest BCUT2D eigenvalue weighted by atomic mass is 79.9. The van der Waals surface area contributed by atoms with Crippen LogP contribution in [0, 0.1) is 30.6 Å². The van der Waals surface area contributed by atoms with E-state index in [1.165, 1.54) is 0 Å². The average molecular weight is 350 g/mol. The molecule has 1 aromatic carbocycles. The van der Waals surface area contributed by atoms with E-state index >= 15 is 0 Å². The largest absolute Gasteiger partial charge is 0.481 e. The highest BCUT2D eigenvalue weighted by molar-refractivity contribution is 9.10. The van der Waals surface area contributed by atoms with Crippen molar-refractivity contribution in [2.45, 2.75) is 13.3 Å². The molecular weight excluding hydrogens is 334 g/mol. The smallest absolute Gasteiger partial charge is 0.307 e. The number of anilines is 1. The number of hydrogen-bond acceptors (Lipinski definition) is 2. The van der Waals surface area contributed by atoms with Gasteiger partial charge in [0.1, 0.15) is 0 Å². The van der Waals surface area contributed by atoms with Crippen LogP contribution in [0.1, 0.15) is 12.0 Å². The standard InChI is InChI=1S/C16H16BrNO3/c1-8-2-5-11(17)12(6-8)18-15(19)13-9-3-4-10(7-9)14(13)16(20)21/h2-6,9-10,13-14H,7H2,1H3,(H,18,19)(H,20,21). The monoisotopic (exact) mass is 349 g/mol. The van der Waals surface area contributed by atoms with Crippen molar-refractivity contribution in [1.82, 2.24) is 0 Å². The van der Waals surface area contributed by atoms with E-state index in [9.17, 15) is 14.7 Å². The summed E-state index contributed by atoms with van der Waals surface area (Å²) in [4.78, 5) is 24.0. The minimum Gasteiger partial charge on any atom is -0.481 e. The van der Waals surface area contributed by atoms with Gasteiger partial charge in [-0.3, -0.25) is 9.59 Å². The van der Waals surface area contributed by atoms with Crippen molar-refractivity contribution in [2.75, 3.05) is 5.32 Å². The number of halogens is 1. The fraction of sp³-hybridized carbons (Fsp3) is 0.375. The molecule has 0 aliphatic heterocycles. The molecule has 4 atom stereocenters. The summed E-state index contributed by atoms with van der Waals surface area (Å²) in [6, 6.07) is 5.70. The van der Waals surface area contributed by atoms with Gasteiger partial charge in [0.2, 0.25) is 5.91 Å². The molecule has 5 heteroatoms. The summed E-state index contributed by atoms with van der Waals surface area (Å²) in [5.74, 6) is -2.14. The number of rotatable bonds is 3. The summed E-state index contributed by atoms with van der Waals surface area (Å²) in [6.07, 6.45) is 4.69. The van der Waals surface area contributed by atoms with Gasteiger partial charge in [-0.25, -0.2) is 0 Å². The minimum atomic E-state index is -0.879. The van der Waals surface area contributed by atoms with Crippen LogP contribution in [0.15, 0.2) is 34.8 Å². The summed E-state index contributed by atoms with van der Waals surface area (Å²) >= 11 is 3.41. The maximum absolute atomic E-state index is 12.6. The maximum atomic E-state index is 12.6. The number of aryl methyl sites for hydroxylation is 1. The van der Waals surface area contributed by atoms with Crippen LogP contribution in [-0.2, 0) is 9.59 Å². The Bertz CT molecular complexity index is 640. The van der Waals surface area contributed by atoms with E-state index in [2.05, 4.69) is 21.2 Å². The normalized spacial score (nSPS) is 29.6. The second kappa shape index (κ2) is 5.30. The predicted molar refractivity (Wildman–Crippen MR) is 82.9 cm³/mol. The Morgan fingerprint density at radius 3 is 2.57 bits per heavy atom. The predicted octanol–water partition coefficient (Wildman–Crippen LogP) is 3.22. The van der Waals surface area contributed by atoms with Crippen molar-refractivity contribution in [3.8, 4) is 0 Å². The van der Waals surface area contributed by atoms with Gasteiger partial charge in [0, 0.05) is 4.47 Å². The van der Waals surface area contributed by atoms with Gasteiger partial charge < -0.3 is 10.4 Å². The molecule has 110 valence electrons. The summed E-state index contributed by atoms with van der Waals surface area (Å²) < 4.78 is 0.798. The fourth-order valence-corrected chi connectivity index (χ4v) is 3.81. The van der Waals surface area contributed by atoms with E-state index in [0.29, 0.717) is 5.69 Å². The first-order chi connectivity index (χ1) is 9.97. The van der Waals surface area contributed by atoms with Crippen LogP contribution in [0.4, 0.5) is 5.69 Å². The number of carbonyl (C=O) groups excluding carboxylic acids is 1. The van der Waals surface area contributed by atoms with Crippen molar-refractivity contribution in [1.29, 1.82) is 0 Å². The molecule has 0 heterocycles. The third kappa shape index (κ3) is 2.50. The van der Waals surface area contributed by atoms with Crippen LogP contribution in [0.25, 0.3) is 0 Å². The Morgan fingerprint density at radius 2 is 1.90 bits per heavy atom. The lowest BCUT2D eigenvalue weighted by molar-refractivity contribution is -0.146. The third-order valence-corrected chi connectivity index (χ3v) is 5.12. The number of carboxylic acid groups (broad SMARTS) is 1. The number of aliphatic carboxylic acids is 1. The highest BCUT2D eigenvalue weighted by Gasteiger charge is 2.51. The zero-order valence-corrected chi connectivity index (χ0v) is 13.1. The van der Waals surface area contributed by atoms with E-state index in [-0.39, 0.29) is 17.7 Å². The minimum absolute atomic E-state index is 0.01000. The van der Waals surface area contributed by atoms with Crippen LogP contribution in [0.3, 0.4) is 0 Å². The van der Waals surface area contributed by atoms with Crippen molar-refractivity contribution >= 4 is 33.5 Å². The van der Waals surface area contributed by atoms with Gasteiger partial charge in [0.15, 0.2) is 0 Å². The van der Waals surface area contributed by atoms with Crippen LogP contribution >= 0.6 is 15.9 Å². The van der Waals surface area contributed by atoms with Crippen molar-refractivity contribution in [2.24, 2.45) is 23.7 Å². The highest BCUT2D eigenvalue weighted by Crippen LogP contribution is 2.48. The Labute approximate surface area is 131 Å². The van der Waals surface area contributed by atoms with Gasteiger partial charge in [-0.2, -0.15) is 0 Å². The van der Waals surface area contributed by atoms with E-state index in [0.717, 1.165) is 16.5 Å². The molecule has 2 aliphatic rings. The van der Waals surface area contributed by atoms with Gasteiger partial charge in [-0.15, -0.1) is 0 Å². The molecule has 1 saturated carbocycles. The molecule has 4 unspecified atom stereocenters. The fourth-order valence-electron chi connectivity index (χ4n) is 3.47. The molecule has 1 aromatic rings. The summed E-state index contributed by atoms with van der Waals surface area (Å²) in [5, 5.41) is 12.3. The summed E-state index contributed by atoms with van der Waals surface area (Å²) in [5.41, 5.74) is 1.73. The molecule has 21 heavy (non-hydrogen) atoms. The van der Waals surface area contributed by atoms with E-state index in [1.54, 1.807) is 0 Å². The maximum Gasteiger partial charge on any atom is 0.307 e. The number of amides is 1. The molecule has 4 nitrogen and oxygen atoms in total. The molecule has 2 bridgehead atoms. The second-order valence-electron chi connectivity index (χ2n) is 5.81. The number of allylic oxidation sites excluding steroid dienone is 2. The lowest BCUT2D eigenvalue weighted by atomic mass is 9.82. The lowest BCUT2D eigenvalue weighted by Gasteiger charge is -2.24. The Hall–Kier alpha value is -1.62. The van der Waals surface area contributed by atoms with Crippen LogP contribution in [0.5, 0.6) is 0 Å². The quantitative estimate of drug-likeness (QED) is 0.823. The first kappa shape index (κ1) is 14.3. The molecule has 1 amide bonds. The number of fused-ring (bicyclic) bond motifs is 2. The van der Waals surface area contributed by atoms with Crippen LogP contribution in [0.2, 0.25) is 0 Å². The van der Waals surface area contributed by atoms with E-state index < -0.39 is 17.8 Å². The number of nitrogens with one attached hydrogen (secondary N) is 1. The van der Waals surface area contributed by atoms with Crippen molar-refractivity contribution in [3.63, 3.8) is 0 Å². The molecular formula is C16H16BrNO3. The molecule has 2 N–H and O–H groups in total. The number of hydrogen-bond donors (Lipinski definition) is 2. The third-order valence-electron chi connectivity index (χ3n) is 4.43. The SMILES string of the molecule is Cc1ccc(Br)c(NC(=O)C2C3C=CC(C3)C2C(=O)O)c1.